The van der Waals surface area contributed by atoms with E-state index in [1.54, 1.807) is 0 Å². The van der Waals surface area contributed by atoms with E-state index < -0.39 is 0 Å². The van der Waals surface area contributed by atoms with E-state index in [1.165, 1.54) is 39.0 Å². The molecular weight excluding hydrogens is 186 g/mol. The molecule has 88 valence electrons. The monoisotopic (exact) mass is 211 g/mol. The van der Waals surface area contributed by atoms with Crippen LogP contribution in [0.15, 0.2) is 0 Å². The van der Waals surface area contributed by atoms with Gasteiger partial charge in [-0.05, 0) is 45.4 Å². The lowest BCUT2D eigenvalue weighted by atomic mass is 9.84. The van der Waals surface area contributed by atoms with Gasteiger partial charge in [-0.3, -0.25) is 0 Å². The molecule has 0 radical (unpaired) electrons. The van der Waals surface area contributed by atoms with E-state index in [1.807, 2.05) is 0 Å². The summed E-state index contributed by atoms with van der Waals surface area (Å²) in [4.78, 5) is 4.98. The van der Waals surface area contributed by atoms with Crippen molar-refractivity contribution in [2.24, 2.45) is 5.92 Å². The van der Waals surface area contributed by atoms with Gasteiger partial charge in [-0.15, -0.1) is 0 Å². The molecule has 1 unspecified atom stereocenters. The molecule has 1 N–H and O–H groups in total. The van der Waals surface area contributed by atoms with Gasteiger partial charge in [0.05, 0.1) is 0 Å². The Morgan fingerprint density at radius 3 is 2.60 bits per heavy atom. The molecule has 3 nitrogen and oxygen atoms in total. The number of hydrogen-bond donors (Lipinski definition) is 1. The summed E-state index contributed by atoms with van der Waals surface area (Å²) in [6.45, 7) is 9.69. The van der Waals surface area contributed by atoms with Crippen LogP contribution in [0.3, 0.4) is 0 Å². The van der Waals surface area contributed by atoms with Crippen LogP contribution in [0.4, 0.5) is 0 Å². The summed E-state index contributed by atoms with van der Waals surface area (Å²) in [6.07, 6.45) is 2.84. The van der Waals surface area contributed by atoms with Crippen molar-refractivity contribution in [1.29, 1.82) is 0 Å². The minimum atomic E-state index is 0.776. The lowest BCUT2D eigenvalue weighted by Gasteiger charge is -2.45. The van der Waals surface area contributed by atoms with E-state index in [-0.39, 0.29) is 0 Å². The molecule has 15 heavy (non-hydrogen) atoms. The number of likely N-dealkylation sites (N-methyl/N-ethyl adjacent to an activating group) is 1. The fourth-order valence-corrected chi connectivity index (χ4v) is 2.80. The number of hydrogen-bond acceptors (Lipinski definition) is 3. The molecule has 3 fully saturated rings. The second kappa shape index (κ2) is 5.28. The molecule has 0 aromatic carbocycles. The third kappa shape index (κ3) is 2.92. The Labute approximate surface area is 93.8 Å². The van der Waals surface area contributed by atoms with Crippen molar-refractivity contribution in [1.82, 2.24) is 15.1 Å². The molecule has 0 aromatic heterocycles. The minimum absolute atomic E-state index is 0.776. The Kier molecular flexibility index (Phi) is 4.00. The van der Waals surface area contributed by atoms with E-state index in [9.17, 15) is 0 Å². The molecular formula is C12H25N3. The fraction of sp³-hybridized carbons (Fsp3) is 1.00. The Bertz CT molecular complexity index is 187. The van der Waals surface area contributed by atoms with Gasteiger partial charge in [-0.25, -0.2) is 0 Å². The van der Waals surface area contributed by atoms with Crippen LogP contribution in [-0.2, 0) is 0 Å². The van der Waals surface area contributed by atoms with Crippen molar-refractivity contribution in [3.63, 3.8) is 0 Å². The normalized spacial score (nSPS) is 35.0. The molecule has 3 saturated heterocycles. The van der Waals surface area contributed by atoms with Crippen molar-refractivity contribution < 1.29 is 0 Å². The third-order valence-corrected chi connectivity index (χ3v) is 4.10. The largest absolute Gasteiger partial charge is 0.311 e. The van der Waals surface area contributed by atoms with Crippen molar-refractivity contribution in [2.45, 2.75) is 25.8 Å². The highest BCUT2D eigenvalue weighted by atomic mass is 15.2. The zero-order chi connectivity index (χ0) is 10.7. The first-order valence-electron chi connectivity index (χ1n) is 6.44. The summed E-state index contributed by atoms with van der Waals surface area (Å²) in [7, 11) is 2.19. The van der Waals surface area contributed by atoms with Crippen LogP contribution in [0.1, 0.15) is 19.8 Å². The maximum Gasteiger partial charge on any atom is 0.0224 e. The number of rotatable bonds is 5. The quantitative estimate of drug-likeness (QED) is 0.719. The summed E-state index contributed by atoms with van der Waals surface area (Å²) >= 11 is 0. The lowest BCUT2D eigenvalue weighted by molar-refractivity contribution is 0.0719. The molecule has 3 aliphatic heterocycles. The first-order chi connectivity index (χ1) is 7.29. The van der Waals surface area contributed by atoms with Gasteiger partial charge < -0.3 is 15.1 Å². The van der Waals surface area contributed by atoms with Crippen LogP contribution in [0.25, 0.3) is 0 Å². The highest BCUT2D eigenvalue weighted by Crippen LogP contribution is 2.27. The standard InChI is InChI=1S/C12H25N3/c1-3-14(2)9-6-13-12-10-15-7-4-11(12)5-8-15/h11-13H,3-10H2,1-2H3. The van der Waals surface area contributed by atoms with E-state index in [4.69, 9.17) is 0 Å². The Hall–Kier alpha value is -0.120. The van der Waals surface area contributed by atoms with Gasteiger partial charge in [0.25, 0.3) is 0 Å². The highest BCUT2D eigenvalue weighted by molar-refractivity contribution is 4.90. The molecule has 2 bridgehead atoms. The van der Waals surface area contributed by atoms with E-state index in [0.717, 1.165) is 25.0 Å². The number of nitrogens with zero attached hydrogens (tertiary/aromatic N) is 2. The van der Waals surface area contributed by atoms with Crippen LogP contribution in [-0.4, -0.2) is 62.2 Å². The molecule has 3 heterocycles. The van der Waals surface area contributed by atoms with Crippen molar-refractivity contribution in [3.05, 3.63) is 0 Å². The molecule has 0 aromatic rings. The second-order valence-electron chi connectivity index (χ2n) is 5.09. The molecule has 0 saturated carbocycles. The molecule has 0 spiro atoms. The van der Waals surface area contributed by atoms with E-state index >= 15 is 0 Å². The van der Waals surface area contributed by atoms with Crippen LogP contribution in [0.5, 0.6) is 0 Å². The van der Waals surface area contributed by atoms with Crippen molar-refractivity contribution in [3.8, 4) is 0 Å². The average molecular weight is 211 g/mol. The Morgan fingerprint density at radius 2 is 2.07 bits per heavy atom. The van der Waals surface area contributed by atoms with Gasteiger partial charge in [0, 0.05) is 25.7 Å². The summed E-state index contributed by atoms with van der Waals surface area (Å²) in [5.74, 6) is 0.960. The first-order valence-corrected chi connectivity index (χ1v) is 6.44. The van der Waals surface area contributed by atoms with Gasteiger partial charge in [0.1, 0.15) is 0 Å². The topological polar surface area (TPSA) is 18.5 Å². The zero-order valence-electron chi connectivity index (χ0n) is 10.2. The molecule has 3 heteroatoms. The molecule has 0 amide bonds. The number of fused-ring (bicyclic) bond motifs is 3. The SMILES string of the molecule is CCN(C)CCNC1CN2CCC1CC2. The van der Waals surface area contributed by atoms with Gasteiger partial charge in [0.2, 0.25) is 0 Å². The second-order valence-corrected chi connectivity index (χ2v) is 5.09. The molecule has 0 aliphatic carbocycles. The molecule has 3 aliphatic rings. The summed E-state index contributed by atoms with van der Waals surface area (Å²) in [5, 5.41) is 3.73. The van der Waals surface area contributed by atoms with Crippen LogP contribution in [0.2, 0.25) is 0 Å². The van der Waals surface area contributed by atoms with Crippen LogP contribution >= 0.6 is 0 Å². The van der Waals surface area contributed by atoms with Gasteiger partial charge in [0.15, 0.2) is 0 Å². The van der Waals surface area contributed by atoms with Crippen molar-refractivity contribution in [2.75, 3.05) is 46.3 Å². The fourth-order valence-electron chi connectivity index (χ4n) is 2.80. The molecule has 3 rings (SSSR count). The third-order valence-electron chi connectivity index (χ3n) is 4.10. The Morgan fingerprint density at radius 1 is 1.33 bits per heavy atom. The predicted molar refractivity (Wildman–Crippen MR) is 64.1 cm³/mol. The van der Waals surface area contributed by atoms with E-state index in [0.29, 0.717) is 0 Å². The number of piperidine rings is 3. The van der Waals surface area contributed by atoms with Gasteiger partial charge in [-0.2, -0.15) is 0 Å². The van der Waals surface area contributed by atoms with E-state index in [2.05, 4.69) is 29.1 Å². The summed E-state index contributed by atoms with van der Waals surface area (Å²) < 4.78 is 0. The predicted octanol–water partition coefficient (Wildman–Crippen LogP) is 0.622. The summed E-state index contributed by atoms with van der Waals surface area (Å²) in [5.41, 5.74) is 0. The van der Waals surface area contributed by atoms with Gasteiger partial charge in [-0.1, -0.05) is 6.92 Å². The summed E-state index contributed by atoms with van der Waals surface area (Å²) in [6, 6.07) is 0.776. The smallest absolute Gasteiger partial charge is 0.0224 e. The average Bonchev–Trinajstić information content (AvgIpc) is 2.30. The lowest BCUT2D eigenvalue weighted by Crippen LogP contribution is -2.56. The maximum atomic E-state index is 3.73. The highest BCUT2D eigenvalue weighted by Gasteiger charge is 2.33. The first kappa shape index (κ1) is 11.4. The van der Waals surface area contributed by atoms with Crippen molar-refractivity contribution >= 4 is 0 Å². The minimum Gasteiger partial charge on any atom is -0.311 e. The number of nitrogens with one attached hydrogen (secondary N) is 1. The Balaban J connectivity index is 1.67. The maximum absolute atomic E-state index is 3.73. The van der Waals surface area contributed by atoms with Crippen LogP contribution < -0.4 is 5.32 Å². The van der Waals surface area contributed by atoms with Gasteiger partial charge >= 0.3 is 0 Å². The molecule has 1 atom stereocenters. The zero-order valence-corrected chi connectivity index (χ0v) is 10.2. The van der Waals surface area contributed by atoms with Crippen LogP contribution in [0, 0.1) is 5.92 Å².